The van der Waals surface area contributed by atoms with Gasteiger partial charge in [-0.3, -0.25) is 0 Å². The predicted molar refractivity (Wildman–Crippen MR) is 105 cm³/mol. The Balaban J connectivity index is 2.60. The third-order valence-electron chi connectivity index (χ3n) is 3.36. The molecule has 0 saturated carbocycles. The summed E-state index contributed by atoms with van der Waals surface area (Å²) in [7, 11) is 0. The maximum absolute atomic E-state index is 6.40. The van der Waals surface area contributed by atoms with E-state index in [0.717, 1.165) is 11.1 Å². The molecular weight excluding hydrogens is 437 g/mol. The van der Waals surface area contributed by atoms with Crippen LogP contribution >= 0.6 is 66.5 Å². The van der Waals surface area contributed by atoms with Crippen LogP contribution in [0.25, 0.3) is 0 Å². The molecular formula is C14H12Cl6Si2. The van der Waals surface area contributed by atoms with Crippen molar-refractivity contribution in [1.29, 1.82) is 0 Å². The number of benzene rings is 2. The van der Waals surface area contributed by atoms with E-state index in [-0.39, 0.29) is 0 Å². The fraction of sp³-hybridized carbons (Fsp3) is 0.143. The molecule has 0 saturated heterocycles. The normalized spacial score (nSPS) is 15.4. The minimum absolute atomic E-state index is 0.416. The highest BCUT2D eigenvalue weighted by molar-refractivity contribution is 7.67. The molecule has 118 valence electrons. The average Bonchev–Trinajstić information content (AvgIpc) is 2.44. The summed E-state index contributed by atoms with van der Waals surface area (Å²) in [5.74, 6) is 0. The van der Waals surface area contributed by atoms with Crippen LogP contribution in [-0.4, -0.2) is 12.0 Å². The third-order valence-corrected chi connectivity index (χ3v) is 10.7. The third kappa shape index (κ3) is 4.81. The van der Waals surface area contributed by atoms with E-state index in [1.807, 2.05) is 60.7 Å². The summed E-state index contributed by atoms with van der Waals surface area (Å²) in [6.07, 6.45) is 0. The molecule has 0 fully saturated rings. The summed E-state index contributed by atoms with van der Waals surface area (Å²) < 4.78 is 0. The first-order valence-corrected chi connectivity index (χ1v) is 16.7. The SMILES string of the molecule is Cl[Si](Cl)(Cl)C(c1ccccc1)C(c1ccccc1)[Si](Cl)(Cl)Cl. The van der Waals surface area contributed by atoms with Crippen LogP contribution in [0.1, 0.15) is 22.2 Å². The molecule has 22 heavy (non-hydrogen) atoms. The Morgan fingerprint density at radius 2 is 0.773 bits per heavy atom. The Labute approximate surface area is 160 Å². The molecule has 0 N–H and O–H groups in total. The summed E-state index contributed by atoms with van der Waals surface area (Å²) in [4.78, 5) is 0. The fourth-order valence-corrected chi connectivity index (χ4v) is 12.7. The number of hydrogen-bond acceptors (Lipinski definition) is 0. The summed E-state index contributed by atoms with van der Waals surface area (Å²) in [6.45, 7) is 0. The van der Waals surface area contributed by atoms with Crippen LogP contribution in [0.4, 0.5) is 0 Å². The van der Waals surface area contributed by atoms with Gasteiger partial charge in [-0.1, -0.05) is 60.7 Å². The molecule has 0 heterocycles. The zero-order valence-corrected chi connectivity index (χ0v) is 17.7. The topological polar surface area (TPSA) is 0 Å². The monoisotopic (exact) mass is 446 g/mol. The maximum Gasteiger partial charge on any atom is 0.348 e. The van der Waals surface area contributed by atoms with Gasteiger partial charge in [-0.25, -0.2) is 0 Å². The lowest BCUT2D eigenvalue weighted by Gasteiger charge is -2.34. The van der Waals surface area contributed by atoms with Gasteiger partial charge in [0.2, 0.25) is 0 Å². The second kappa shape index (κ2) is 7.67. The van der Waals surface area contributed by atoms with Gasteiger partial charge in [0.1, 0.15) is 0 Å². The van der Waals surface area contributed by atoms with Crippen LogP contribution < -0.4 is 0 Å². The van der Waals surface area contributed by atoms with Gasteiger partial charge in [0.25, 0.3) is 0 Å². The molecule has 0 radical (unpaired) electrons. The minimum atomic E-state index is -3.19. The van der Waals surface area contributed by atoms with Crippen molar-refractivity contribution < 1.29 is 0 Å². The molecule has 0 aromatic heterocycles. The van der Waals surface area contributed by atoms with Crippen molar-refractivity contribution in [3.8, 4) is 0 Å². The Kier molecular flexibility index (Phi) is 6.60. The largest absolute Gasteiger partial charge is 0.348 e. The predicted octanol–water partition coefficient (Wildman–Crippen LogP) is 6.94. The van der Waals surface area contributed by atoms with Crippen molar-refractivity contribution >= 4 is 78.5 Å². The van der Waals surface area contributed by atoms with Gasteiger partial charge in [0, 0.05) is 11.1 Å². The van der Waals surface area contributed by atoms with Gasteiger partial charge in [0.05, 0.1) is 0 Å². The Hall–Kier alpha value is 0.614. The number of hydrogen-bond donors (Lipinski definition) is 0. The van der Waals surface area contributed by atoms with Crippen molar-refractivity contribution in [1.82, 2.24) is 0 Å². The smallest absolute Gasteiger partial charge is 0.125 e. The van der Waals surface area contributed by atoms with Crippen molar-refractivity contribution in [2.45, 2.75) is 11.1 Å². The highest BCUT2D eigenvalue weighted by Gasteiger charge is 2.52. The van der Waals surface area contributed by atoms with Gasteiger partial charge in [0.15, 0.2) is 0 Å². The Bertz CT molecular complexity index is 539. The van der Waals surface area contributed by atoms with Gasteiger partial charge >= 0.3 is 12.0 Å². The molecule has 2 aromatic rings. The molecule has 0 nitrogen and oxygen atoms in total. The molecule has 0 amide bonds. The maximum atomic E-state index is 6.40. The summed E-state index contributed by atoms with van der Waals surface area (Å²) in [5, 5.41) is 0. The van der Waals surface area contributed by atoms with Crippen LogP contribution in [0.5, 0.6) is 0 Å². The van der Waals surface area contributed by atoms with E-state index in [0.29, 0.717) is 0 Å². The molecule has 2 atom stereocenters. The molecule has 0 aliphatic carbocycles. The summed E-state index contributed by atoms with van der Waals surface area (Å²) >= 11 is 38.4. The highest BCUT2D eigenvalue weighted by atomic mass is 35.8. The molecule has 2 unspecified atom stereocenters. The van der Waals surface area contributed by atoms with Crippen molar-refractivity contribution in [3.05, 3.63) is 71.8 Å². The van der Waals surface area contributed by atoms with E-state index in [2.05, 4.69) is 0 Å². The first-order valence-electron chi connectivity index (χ1n) is 6.44. The lowest BCUT2D eigenvalue weighted by Crippen LogP contribution is -2.38. The van der Waals surface area contributed by atoms with Gasteiger partial charge in [-0.05, 0) is 11.1 Å². The molecule has 0 aliphatic heterocycles. The lowest BCUT2D eigenvalue weighted by atomic mass is 10.0. The molecule has 0 bridgehead atoms. The van der Waals surface area contributed by atoms with E-state index in [4.69, 9.17) is 66.5 Å². The Morgan fingerprint density at radius 1 is 0.500 bits per heavy atom. The minimum Gasteiger partial charge on any atom is -0.125 e. The summed E-state index contributed by atoms with van der Waals surface area (Å²) in [6, 6.07) is 12.7. The standard InChI is InChI=1S/C14H12Cl6Si2/c15-21(16,17)13(11-7-3-1-4-8-11)14(22(18,19)20)12-9-5-2-6-10-12/h1-10,13-14H. The number of rotatable bonds is 5. The average molecular weight is 449 g/mol. The van der Waals surface area contributed by atoms with Crippen LogP contribution in [0.3, 0.4) is 0 Å². The summed E-state index contributed by atoms with van der Waals surface area (Å²) in [5.41, 5.74) is 0.948. The lowest BCUT2D eigenvalue weighted by molar-refractivity contribution is 0.858. The molecule has 2 aromatic carbocycles. The molecule has 8 heteroatoms. The second-order valence-electron chi connectivity index (χ2n) is 4.86. The zero-order chi connectivity index (χ0) is 16.4. The molecule has 2 rings (SSSR count). The van der Waals surface area contributed by atoms with Crippen LogP contribution in [0, 0.1) is 0 Å². The van der Waals surface area contributed by atoms with E-state index >= 15 is 0 Å². The first-order chi connectivity index (χ1) is 10.2. The highest BCUT2D eigenvalue weighted by Crippen LogP contribution is 2.52. The van der Waals surface area contributed by atoms with Crippen molar-refractivity contribution in [2.75, 3.05) is 0 Å². The van der Waals surface area contributed by atoms with Gasteiger partial charge < -0.3 is 0 Å². The van der Waals surface area contributed by atoms with E-state index < -0.39 is 23.1 Å². The molecule has 0 spiro atoms. The first kappa shape index (κ1) is 18.9. The number of halogens is 6. The van der Waals surface area contributed by atoms with Crippen molar-refractivity contribution in [2.24, 2.45) is 0 Å². The van der Waals surface area contributed by atoms with Gasteiger partial charge in [-0.2, -0.15) is 0 Å². The quantitative estimate of drug-likeness (QED) is 0.343. The fourth-order valence-electron chi connectivity index (χ4n) is 2.46. The van der Waals surface area contributed by atoms with Gasteiger partial charge in [-0.15, -0.1) is 66.5 Å². The molecule has 0 aliphatic rings. The van der Waals surface area contributed by atoms with E-state index in [9.17, 15) is 0 Å². The second-order valence-corrected chi connectivity index (χ2v) is 22.5. The van der Waals surface area contributed by atoms with Crippen LogP contribution in [0.15, 0.2) is 60.7 Å². The zero-order valence-electron chi connectivity index (χ0n) is 11.2. The van der Waals surface area contributed by atoms with E-state index in [1.54, 1.807) is 0 Å². The van der Waals surface area contributed by atoms with Crippen LogP contribution in [0.2, 0.25) is 0 Å². The Morgan fingerprint density at radius 3 is 1.00 bits per heavy atom. The van der Waals surface area contributed by atoms with Crippen molar-refractivity contribution in [3.63, 3.8) is 0 Å². The van der Waals surface area contributed by atoms with E-state index in [1.165, 1.54) is 0 Å². The van der Waals surface area contributed by atoms with Crippen LogP contribution in [-0.2, 0) is 0 Å².